The van der Waals surface area contributed by atoms with Gasteiger partial charge in [0.2, 0.25) is 5.91 Å². The molecule has 1 heterocycles. The van der Waals surface area contributed by atoms with Crippen LogP contribution in [-0.4, -0.2) is 18.4 Å². The Bertz CT molecular complexity index is 1180. The van der Waals surface area contributed by atoms with Crippen LogP contribution < -0.4 is 10.2 Å². The number of hydrogen-bond acceptors (Lipinski definition) is 2. The summed E-state index contributed by atoms with van der Waals surface area (Å²) in [4.78, 5) is 27.5. The summed E-state index contributed by atoms with van der Waals surface area (Å²) in [7, 11) is 0. The Labute approximate surface area is 208 Å². The van der Waals surface area contributed by atoms with Crippen molar-refractivity contribution in [1.29, 1.82) is 0 Å². The zero-order valence-electron chi connectivity index (χ0n) is 17.9. The fraction of sp³-hybridized carbons (Fsp3) is 0.231. The summed E-state index contributed by atoms with van der Waals surface area (Å²) in [5.41, 5.74) is 2.66. The lowest BCUT2D eigenvalue weighted by molar-refractivity contribution is -0.119. The quantitative estimate of drug-likeness (QED) is 0.400. The van der Waals surface area contributed by atoms with Crippen LogP contribution in [0, 0.1) is 0 Å². The minimum atomic E-state index is -0.428. The summed E-state index contributed by atoms with van der Waals surface area (Å²) in [6.45, 7) is 0.635. The van der Waals surface area contributed by atoms with Gasteiger partial charge >= 0.3 is 0 Å². The minimum Gasteiger partial charge on any atom is -0.345 e. The zero-order chi connectivity index (χ0) is 23.4. The van der Waals surface area contributed by atoms with Gasteiger partial charge in [0, 0.05) is 28.7 Å². The number of piperidine rings is 1. The molecule has 0 aromatic heterocycles. The smallest absolute Gasteiger partial charge is 0.253 e. The molecule has 0 aliphatic carbocycles. The molecular formula is C26H23Cl3N2O2. The van der Waals surface area contributed by atoms with E-state index < -0.39 is 6.04 Å². The maximum absolute atomic E-state index is 13.4. The molecule has 1 saturated heterocycles. The van der Waals surface area contributed by atoms with Crippen LogP contribution in [0.4, 0.5) is 5.69 Å². The third kappa shape index (κ3) is 5.52. The Morgan fingerprint density at radius 3 is 2.36 bits per heavy atom. The van der Waals surface area contributed by atoms with Crippen molar-refractivity contribution in [3.05, 3.63) is 98.5 Å². The molecule has 170 valence electrons. The van der Waals surface area contributed by atoms with Crippen molar-refractivity contribution >= 4 is 52.3 Å². The first kappa shape index (κ1) is 23.6. The molecule has 33 heavy (non-hydrogen) atoms. The van der Waals surface area contributed by atoms with Gasteiger partial charge in [-0.05, 0) is 60.7 Å². The third-order valence-corrected chi connectivity index (χ3v) is 6.84. The summed E-state index contributed by atoms with van der Waals surface area (Å²) < 4.78 is 0. The van der Waals surface area contributed by atoms with E-state index in [1.54, 1.807) is 29.2 Å². The van der Waals surface area contributed by atoms with Crippen LogP contribution in [0.3, 0.4) is 0 Å². The molecule has 1 aliphatic rings. The van der Waals surface area contributed by atoms with Gasteiger partial charge in [0.1, 0.15) is 0 Å². The van der Waals surface area contributed by atoms with E-state index in [0.717, 1.165) is 24.0 Å². The molecule has 3 aromatic rings. The average molecular weight is 502 g/mol. The number of rotatable bonds is 6. The van der Waals surface area contributed by atoms with Gasteiger partial charge in [-0.15, -0.1) is 0 Å². The summed E-state index contributed by atoms with van der Waals surface area (Å²) in [5.74, 6) is -0.286. The van der Waals surface area contributed by atoms with Crippen molar-refractivity contribution in [2.75, 3.05) is 11.4 Å². The highest BCUT2D eigenvalue weighted by atomic mass is 35.5. The summed E-state index contributed by atoms with van der Waals surface area (Å²) in [6.07, 6.45) is 2.79. The maximum atomic E-state index is 13.4. The first-order valence-electron chi connectivity index (χ1n) is 10.8. The number of anilines is 1. The second kappa shape index (κ2) is 10.6. The van der Waals surface area contributed by atoms with Crippen LogP contribution in [0.15, 0.2) is 66.7 Å². The molecule has 1 aliphatic heterocycles. The summed E-state index contributed by atoms with van der Waals surface area (Å²) in [6, 6.07) is 19.6. The Balaban J connectivity index is 1.64. The molecule has 0 spiro atoms. The van der Waals surface area contributed by atoms with E-state index in [-0.39, 0.29) is 11.8 Å². The molecule has 1 fully saturated rings. The average Bonchev–Trinajstić information content (AvgIpc) is 2.81. The second-order valence-electron chi connectivity index (χ2n) is 8.01. The van der Waals surface area contributed by atoms with Gasteiger partial charge < -0.3 is 10.2 Å². The molecule has 0 radical (unpaired) electrons. The highest BCUT2D eigenvalue weighted by Gasteiger charge is 2.24. The normalized spacial score (nSPS) is 14.8. The topological polar surface area (TPSA) is 49.4 Å². The van der Waals surface area contributed by atoms with Crippen LogP contribution in [0.25, 0.3) is 0 Å². The molecule has 4 rings (SSSR count). The number of carbonyl (C=O) groups is 2. The lowest BCUT2D eigenvalue weighted by atomic mass is 9.98. The lowest BCUT2D eigenvalue weighted by Crippen LogP contribution is -2.35. The highest BCUT2D eigenvalue weighted by molar-refractivity contribution is 6.34. The Kier molecular flexibility index (Phi) is 7.59. The number of nitrogens with zero attached hydrogens (tertiary/aromatic N) is 1. The number of carbonyl (C=O) groups excluding carboxylic acids is 2. The van der Waals surface area contributed by atoms with Crippen LogP contribution in [0.2, 0.25) is 15.1 Å². The van der Waals surface area contributed by atoms with E-state index in [1.807, 2.05) is 42.5 Å². The number of amides is 2. The Morgan fingerprint density at radius 2 is 1.64 bits per heavy atom. The highest BCUT2D eigenvalue weighted by Crippen LogP contribution is 2.30. The van der Waals surface area contributed by atoms with Gasteiger partial charge in [-0.2, -0.15) is 0 Å². The fourth-order valence-electron chi connectivity index (χ4n) is 4.05. The SMILES string of the molecule is O=C(NC(Cc1ccccc1Cl)c1ccccc1Cl)c1cc(N2CCCCC2=O)ccc1Cl. The largest absolute Gasteiger partial charge is 0.345 e. The lowest BCUT2D eigenvalue weighted by Gasteiger charge is -2.27. The van der Waals surface area contributed by atoms with Crippen molar-refractivity contribution in [2.45, 2.75) is 31.7 Å². The summed E-state index contributed by atoms with van der Waals surface area (Å²) in [5, 5.41) is 4.56. The number of halogens is 3. The predicted octanol–water partition coefficient (Wildman–Crippen LogP) is 6.88. The third-order valence-electron chi connectivity index (χ3n) is 5.80. The van der Waals surface area contributed by atoms with Gasteiger partial charge in [-0.3, -0.25) is 9.59 Å². The fourth-order valence-corrected chi connectivity index (χ4v) is 4.73. The Morgan fingerprint density at radius 1 is 0.909 bits per heavy atom. The number of benzene rings is 3. The molecule has 1 atom stereocenters. The second-order valence-corrected chi connectivity index (χ2v) is 9.23. The van der Waals surface area contributed by atoms with Crippen molar-refractivity contribution in [3.8, 4) is 0 Å². The van der Waals surface area contributed by atoms with Gasteiger partial charge in [0.15, 0.2) is 0 Å². The van der Waals surface area contributed by atoms with Crippen molar-refractivity contribution in [2.24, 2.45) is 0 Å². The summed E-state index contributed by atoms with van der Waals surface area (Å²) >= 11 is 19.3. The maximum Gasteiger partial charge on any atom is 0.253 e. The predicted molar refractivity (Wildman–Crippen MR) is 134 cm³/mol. The van der Waals surface area contributed by atoms with E-state index >= 15 is 0 Å². The van der Waals surface area contributed by atoms with E-state index in [2.05, 4.69) is 5.32 Å². The van der Waals surface area contributed by atoms with Gasteiger partial charge in [0.05, 0.1) is 16.6 Å². The van der Waals surface area contributed by atoms with E-state index in [9.17, 15) is 9.59 Å². The molecule has 3 aromatic carbocycles. The van der Waals surface area contributed by atoms with Gasteiger partial charge in [0.25, 0.3) is 5.91 Å². The zero-order valence-corrected chi connectivity index (χ0v) is 20.1. The van der Waals surface area contributed by atoms with Gasteiger partial charge in [-0.25, -0.2) is 0 Å². The first-order chi connectivity index (χ1) is 15.9. The van der Waals surface area contributed by atoms with Crippen molar-refractivity contribution in [1.82, 2.24) is 5.32 Å². The van der Waals surface area contributed by atoms with Crippen LogP contribution in [0.5, 0.6) is 0 Å². The van der Waals surface area contributed by atoms with E-state index in [1.165, 1.54) is 0 Å². The van der Waals surface area contributed by atoms with Crippen LogP contribution >= 0.6 is 34.8 Å². The van der Waals surface area contributed by atoms with E-state index in [0.29, 0.717) is 45.7 Å². The monoisotopic (exact) mass is 500 g/mol. The molecular weight excluding hydrogens is 479 g/mol. The Hall–Kier alpha value is -2.53. The van der Waals surface area contributed by atoms with Crippen LogP contribution in [0.1, 0.15) is 46.8 Å². The number of nitrogens with one attached hydrogen (secondary N) is 1. The minimum absolute atomic E-state index is 0.0580. The molecule has 1 unspecified atom stereocenters. The molecule has 7 heteroatoms. The standard InChI is InChI=1S/C26H23Cl3N2O2/c27-21-9-3-1-7-17(21)15-24(19-8-2-4-10-22(19)28)30-26(33)20-16-18(12-13-23(20)29)31-14-6-5-11-25(31)32/h1-4,7-10,12-13,16,24H,5-6,11,14-15H2,(H,30,33). The van der Waals surface area contributed by atoms with E-state index in [4.69, 9.17) is 34.8 Å². The molecule has 0 bridgehead atoms. The molecule has 4 nitrogen and oxygen atoms in total. The molecule has 0 saturated carbocycles. The van der Waals surface area contributed by atoms with Crippen molar-refractivity contribution in [3.63, 3.8) is 0 Å². The first-order valence-corrected chi connectivity index (χ1v) is 12.0. The van der Waals surface area contributed by atoms with Crippen molar-refractivity contribution < 1.29 is 9.59 Å². The number of hydrogen-bond donors (Lipinski definition) is 1. The van der Waals surface area contributed by atoms with Gasteiger partial charge in [-0.1, -0.05) is 71.2 Å². The van der Waals surface area contributed by atoms with Crippen LogP contribution in [-0.2, 0) is 11.2 Å². The molecule has 1 N–H and O–H groups in total. The molecule has 2 amide bonds.